The van der Waals surface area contributed by atoms with Crippen molar-refractivity contribution in [3.63, 3.8) is 0 Å². The van der Waals surface area contributed by atoms with Crippen LogP contribution in [0.3, 0.4) is 0 Å². The van der Waals surface area contributed by atoms with Gasteiger partial charge in [0.2, 0.25) is 5.91 Å². The molecule has 1 aliphatic rings. The summed E-state index contributed by atoms with van der Waals surface area (Å²) in [6.07, 6.45) is 0. The van der Waals surface area contributed by atoms with Crippen molar-refractivity contribution >= 4 is 29.4 Å². The predicted octanol–water partition coefficient (Wildman–Crippen LogP) is 3.02. The second kappa shape index (κ2) is 7.10. The molecule has 5 heteroatoms. The van der Waals surface area contributed by atoms with E-state index in [1.54, 1.807) is 18.9 Å². The van der Waals surface area contributed by atoms with Crippen LogP contribution in [0.25, 0.3) is 0 Å². The monoisotopic (exact) mass is 297 g/mol. The number of hydrogen-bond acceptors (Lipinski definition) is 4. The lowest BCUT2D eigenvalue weighted by molar-refractivity contribution is -0.127. The molecule has 1 heterocycles. The first-order valence-electron chi connectivity index (χ1n) is 6.39. The van der Waals surface area contributed by atoms with Gasteiger partial charge in [-0.15, -0.1) is 11.8 Å². The van der Waals surface area contributed by atoms with Gasteiger partial charge in [0.05, 0.1) is 12.9 Å². The first kappa shape index (κ1) is 14.6. The molecule has 1 unspecified atom stereocenters. The van der Waals surface area contributed by atoms with Gasteiger partial charge >= 0.3 is 0 Å². The molecule has 1 aromatic carbocycles. The number of ether oxygens (including phenoxy) is 1. The summed E-state index contributed by atoms with van der Waals surface area (Å²) in [5.41, 5.74) is 1.15. The van der Waals surface area contributed by atoms with E-state index in [0.717, 1.165) is 29.4 Å². The fraction of sp³-hybridized carbons (Fsp3) is 0.500. The summed E-state index contributed by atoms with van der Waals surface area (Å²) in [6.45, 7) is 2.97. The maximum atomic E-state index is 12.0. The second-order valence-electron chi connectivity index (χ2n) is 4.22. The van der Waals surface area contributed by atoms with Crippen molar-refractivity contribution < 1.29 is 9.53 Å². The number of methoxy groups -OCH3 is 1. The molecule has 0 N–H and O–H groups in total. The number of nitrogens with zero attached hydrogens (tertiary/aromatic N) is 1. The van der Waals surface area contributed by atoms with Gasteiger partial charge in [-0.05, 0) is 23.4 Å². The van der Waals surface area contributed by atoms with Gasteiger partial charge in [0.25, 0.3) is 0 Å². The molecule has 0 saturated carbocycles. The largest absolute Gasteiger partial charge is 0.497 e. The normalized spacial score (nSPS) is 18.9. The third-order valence-corrected chi connectivity index (χ3v) is 5.16. The number of thioether (sulfide) groups is 2. The Morgan fingerprint density at radius 2 is 2.37 bits per heavy atom. The van der Waals surface area contributed by atoms with Crippen molar-refractivity contribution in [2.24, 2.45) is 0 Å². The summed E-state index contributed by atoms with van der Waals surface area (Å²) in [5.74, 6) is 3.77. The summed E-state index contributed by atoms with van der Waals surface area (Å²) >= 11 is 3.57. The first-order chi connectivity index (χ1) is 9.26. The lowest BCUT2D eigenvalue weighted by Crippen LogP contribution is -2.30. The summed E-state index contributed by atoms with van der Waals surface area (Å²) in [7, 11) is 1.67. The Kier molecular flexibility index (Phi) is 5.45. The van der Waals surface area contributed by atoms with Crippen molar-refractivity contribution in [2.75, 3.05) is 30.9 Å². The molecule has 0 aromatic heterocycles. The van der Waals surface area contributed by atoms with Crippen LogP contribution in [0.4, 0.5) is 0 Å². The fourth-order valence-electron chi connectivity index (χ4n) is 2.07. The molecule has 0 bridgehead atoms. The highest BCUT2D eigenvalue weighted by molar-refractivity contribution is 8.00. The van der Waals surface area contributed by atoms with E-state index in [1.165, 1.54) is 0 Å². The Morgan fingerprint density at radius 3 is 3.11 bits per heavy atom. The van der Waals surface area contributed by atoms with Gasteiger partial charge in [0.1, 0.15) is 11.1 Å². The lowest BCUT2D eigenvalue weighted by Gasteiger charge is -2.24. The third kappa shape index (κ3) is 3.60. The van der Waals surface area contributed by atoms with E-state index in [1.807, 2.05) is 34.9 Å². The van der Waals surface area contributed by atoms with Crippen molar-refractivity contribution in [2.45, 2.75) is 12.3 Å². The molecule has 1 fully saturated rings. The van der Waals surface area contributed by atoms with Crippen molar-refractivity contribution in [3.05, 3.63) is 29.8 Å². The smallest absolute Gasteiger partial charge is 0.233 e. The van der Waals surface area contributed by atoms with Crippen molar-refractivity contribution in [1.29, 1.82) is 0 Å². The second-order valence-corrected chi connectivity index (χ2v) is 6.69. The highest BCUT2D eigenvalue weighted by atomic mass is 32.2. The molecule has 0 spiro atoms. The van der Waals surface area contributed by atoms with E-state index in [4.69, 9.17) is 4.74 Å². The van der Waals surface area contributed by atoms with Crippen molar-refractivity contribution in [1.82, 2.24) is 4.90 Å². The molecule has 19 heavy (non-hydrogen) atoms. The van der Waals surface area contributed by atoms with E-state index in [9.17, 15) is 4.79 Å². The number of carbonyl (C=O) groups is 1. The van der Waals surface area contributed by atoms with Gasteiger partial charge in [-0.25, -0.2) is 0 Å². The maximum absolute atomic E-state index is 12.0. The highest BCUT2D eigenvalue weighted by Crippen LogP contribution is 2.39. The van der Waals surface area contributed by atoms with Gasteiger partial charge in [0.15, 0.2) is 0 Å². The molecule has 2 rings (SSSR count). The maximum Gasteiger partial charge on any atom is 0.233 e. The molecular formula is C14H19NO2S2. The van der Waals surface area contributed by atoms with Crippen LogP contribution in [0.15, 0.2) is 24.3 Å². The Morgan fingerprint density at radius 1 is 1.53 bits per heavy atom. The van der Waals surface area contributed by atoms with E-state index in [0.29, 0.717) is 5.75 Å². The minimum Gasteiger partial charge on any atom is -0.497 e. The van der Waals surface area contributed by atoms with E-state index in [2.05, 4.69) is 13.0 Å². The third-order valence-electron chi connectivity index (χ3n) is 3.03. The molecule has 1 atom stereocenters. The van der Waals surface area contributed by atoms with Gasteiger partial charge in [-0.1, -0.05) is 19.1 Å². The van der Waals surface area contributed by atoms with Crippen LogP contribution in [0.1, 0.15) is 17.9 Å². The van der Waals surface area contributed by atoms with Crippen LogP contribution >= 0.6 is 23.5 Å². The quantitative estimate of drug-likeness (QED) is 0.755. The van der Waals surface area contributed by atoms with Crippen LogP contribution < -0.4 is 4.74 Å². The predicted molar refractivity (Wildman–Crippen MR) is 82.9 cm³/mol. The molecule has 1 saturated heterocycles. The van der Waals surface area contributed by atoms with Gasteiger partial charge in [-0.2, -0.15) is 11.8 Å². The lowest BCUT2D eigenvalue weighted by atomic mass is 10.2. The minimum atomic E-state index is 0.139. The van der Waals surface area contributed by atoms with Crippen LogP contribution in [0.2, 0.25) is 0 Å². The van der Waals surface area contributed by atoms with Crippen LogP contribution in [-0.4, -0.2) is 41.7 Å². The van der Waals surface area contributed by atoms with E-state index < -0.39 is 0 Å². The zero-order valence-corrected chi connectivity index (χ0v) is 12.9. The first-order valence-corrected chi connectivity index (χ1v) is 8.59. The van der Waals surface area contributed by atoms with Crippen LogP contribution in [-0.2, 0) is 4.79 Å². The van der Waals surface area contributed by atoms with Crippen LogP contribution in [0, 0.1) is 0 Å². The number of benzene rings is 1. The SMILES string of the molecule is CCSCCN1C(=O)CSC1c1cccc(OC)c1. The zero-order valence-electron chi connectivity index (χ0n) is 11.3. The number of rotatable bonds is 6. The van der Waals surface area contributed by atoms with E-state index >= 15 is 0 Å². The summed E-state index contributed by atoms with van der Waals surface area (Å²) in [5, 5.41) is 0.139. The number of carbonyl (C=O) groups excluding carboxylic acids is 1. The van der Waals surface area contributed by atoms with Gasteiger partial charge in [0, 0.05) is 12.3 Å². The Labute approximate surface area is 123 Å². The molecule has 3 nitrogen and oxygen atoms in total. The number of amides is 1. The Balaban J connectivity index is 2.10. The highest BCUT2D eigenvalue weighted by Gasteiger charge is 2.32. The van der Waals surface area contributed by atoms with E-state index in [-0.39, 0.29) is 11.3 Å². The van der Waals surface area contributed by atoms with Gasteiger partial charge < -0.3 is 9.64 Å². The molecule has 0 radical (unpaired) electrons. The molecule has 1 amide bonds. The molecule has 1 aromatic rings. The summed E-state index contributed by atoms with van der Waals surface area (Å²) in [4.78, 5) is 14.0. The summed E-state index contributed by atoms with van der Waals surface area (Å²) in [6, 6.07) is 8.01. The molecule has 104 valence electrons. The number of hydrogen-bond donors (Lipinski definition) is 0. The zero-order chi connectivity index (χ0) is 13.7. The average molecular weight is 297 g/mol. The average Bonchev–Trinajstić information content (AvgIpc) is 2.81. The van der Waals surface area contributed by atoms with Crippen LogP contribution in [0.5, 0.6) is 5.75 Å². The fourth-order valence-corrected chi connectivity index (χ4v) is 3.90. The molecular weight excluding hydrogens is 278 g/mol. The van der Waals surface area contributed by atoms with Crippen molar-refractivity contribution in [3.8, 4) is 5.75 Å². The minimum absolute atomic E-state index is 0.139. The topological polar surface area (TPSA) is 29.5 Å². The molecule has 1 aliphatic heterocycles. The van der Waals surface area contributed by atoms with Gasteiger partial charge in [-0.3, -0.25) is 4.79 Å². The molecule has 0 aliphatic carbocycles. The Hall–Kier alpha value is -0.810. The Bertz CT molecular complexity index is 439. The summed E-state index contributed by atoms with van der Waals surface area (Å²) < 4.78 is 5.26. The standard InChI is InChI=1S/C14H19NO2S2/c1-3-18-8-7-15-13(16)10-19-14(15)11-5-4-6-12(9-11)17-2/h4-6,9,14H,3,7-8,10H2,1-2H3.